The first-order valence-electron chi connectivity index (χ1n) is 7.33. The van der Waals surface area contributed by atoms with Gasteiger partial charge < -0.3 is 25.7 Å². The number of nitrogens with zero attached hydrogens (tertiary/aromatic N) is 1. The van der Waals surface area contributed by atoms with Crippen LogP contribution in [0.5, 0.6) is 0 Å². The molecule has 2 aliphatic rings. The van der Waals surface area contributed by atoms with Gasteiger partial charge in [0.05, 0.1) is 24.1 Å². The highest BCUT2D eigenvalue weighted by atomic mass is 16.3. The third kappa shape index (κ3) is 2.74. The van der Waals surface area contributed by atoms with E-state index in [4.69, 9.17) is 5.11 Å². The molecule has 0 radical (unpaired) electrons. The summed E-state index contributed by atoms with van der Waals surface area (Å²) in [5.74, 6) is 0.0172. The fraction of sp³-hybridized carbons (Fsp3) is 0.533. The summed E-state index contributed by atoms with van der Waals surface area (Å²) in [4.78, 5) is 14.5. The molecule has 1 aromatic carbocycles. The van der Waals surface area contributed by atoms with Crippen molar-refractivity contribution in [2.45, 2.75) is 24.5 Å². The van der Waals surface area contributed by atoms with Crippen LogP contribution in [0, 0.1) is 0 Å². The number of aliphatic hydroxyl groups excluding tert-OH is 2. The van der Waals surface area contributed by atoms with E-state index in [0.717, 1.165) is 24.5 Å². The van der Waals surface area contributed by atoms with Crippen LogP contribution in [0.4, 0.5) is 11.4 Å². The molecular weight excluding hydrogens is 270 g/mol. The monoisotopic (exact) mass is 291 g/mol. The molecule has 6 heteroatoms. The number of hydrogen-bond donors (Lipinski definition) is 4. The van der Waals surface area contributed by atoms with E-state index in [9.17, 15) is 9.90 Å². The van der Waals surface area contributed by atoms with Crippen molar-refractivity contribution in [1.29, 1.82) is 0 Å². The molecule has 21 heavy (non-hydrogen) atoms. The lowest BCUT2D eigenvalue weighted by Gasteiger charge is -2.44. The molecular formula is C15H21N3O3. The number of benzene rings is 1. The van der Waals surface area contributed by atoms with Gasteiger partial charge >= 0.3 is 0 Å². The first-order chi connectivity index (χ1) is 10.1. The van der Waals surface area contributed by atoms with Gasteiger partial charge in [-0.2, -0.15) is 0 Å². The number of carbonyl (C=O) groups excluding carboxylic acids is 1. The van der Waals surface area contributed by atoms with Crippen molar-refractivity contribution >= 4 is 17.3 Å². The van der Waals surface area contributed by atoms with Crippen LogP contribution < -0.4 is 10.6 Å². The minimum absolute atomic E-state index is 0.0172. The Hall–Kier alpha value is -1.63. The number of likely N-dealkylation sites (tertiary alicyclic amines) is 1. The van der Waals surface area contributed by atoms with E-state index in [1.165, 1.54) is 0 Å². The van der Waals surface area contributed by atoms with E-state index in [0.29, 0.717) is 19.4 Å². The van der Waals surface area contributed by atoms with Gasteiger partial charge in [-0.05, 0) is 25.0 Å². The fourth-order valence-electron chi connectivity index (χ4n) is 3.08. The molecule has 1 fully saturated rings. The molecule has 1 atom stereocenters. The summed E-state index contributed by atoms with van der Waals surface area (Å²) in [5.41, 5.74) is 1.22. The number of amides is 1. The highest BCUT2D eigenvalue weighted by Gasteiger charge is 2.44. The number of β-amino-alcohol motifs (C(OH)–C–C–N with tert-alkyl or cyclic N) is 1. The molecule has 1 spiro atoms. The lowest BCUT2D eigenvalue weighted by atomic mass is 9.84. The quantitative estimate of drug-likeness (QED) is 0.641. The number of carbonyl (C=O) groups is 1. The summed E-state index contributed by atoms with van der Waals surface area (Å²) in [6.45, 7) is 1.66. The normalized spacial score (nSPS) is 22.3. The number of nitrogens with one attached hydrogen (secondary N) is 2. The van der Waals surface area contributed by atoms with Gasteiger partial charge in [-0.1, -0.05) is 12.1 Å². The molecule has 0 saturated carbocycles. The fourth-order valence-corrected chi connectivity index (χ4v) is 3.08. The Kier molecular flexibility index (Phi) is 3.84. The van der Waals surface area contributed by atoms with Crippen LogP contribution in [-0.4, -0.2) is 58.9 Å². The Morgan fingerprint density at radius 3 is 2.57 bits per heavy atom. The van der Waals surface area contributed by atoms with Gasteiger partial charge in [0.25, 0.3) is 0 Å². The van der Waals surface area contributed by atoms with Crippen LogP contribution in [0.2, 0.25) is 0 Å². The predicted octanol–water partition coefficient (Wildman–Crippen LogP) is 0.238. The van der Waals surface area contributed by atoms with E-state index in [-0.39, 0.29) is 12.5 Å². The van der Waals surface area contributed by atoms with Gasteiger partial charge in [0, 0.05) is 19.6 Å². The zero-order valence-corrected chi connectivity index (χ0v) is 11.9. The topological polar surface area (TPSA) is 84.8 Å². The third-order valence-corrected chi connectivity index (χ3v) is 4.37. The van der Waals surface area contributed by atoms with Gasteiger partial charge in [-0.15, -0.1) is 0 Å². The lowest BCUT2D eigenvalue weighted by molar-refractivity contribution is -0.122. The van der Waals surface area contributed by atoms with Gasteiger partial charge in [-0.25, -0.2) is 0 Å². The standard InChI is InChI=1S/C15H21N3O3/c19-10-11(20)9-18-7-5-15(6-8-18)14(21)16-12-3-1-2-4-13(12)17-15/h1-4,11,17,19-20H,5-10H2,(H,16,21). The van der Waals surface area contributed by atoms with Crippen LogP contribution >= 0.6 is 0 Å². The maximum Gasteiger partial charge on any atom is 0.250 e. The summed E-state index contributed by atoms with van der Waals surface area (Å²) in [6, 6.07) is 7.71. The largest absolute Gasteiger partial charge is 0.394 e. The molecule has 0 aromatic heterocycles. The lowest BCUT2D eigenvalue weighted by Crippen LogP contribution is -2.59. The summed E-state index contributed by atoms with van der Waals surface area (Å²) >= 11 is 0. The van der Waals surface area contributed by atoms with Crippen LogP contribution in [0.1, 0.15) is 12.8 Å². The molecule has 3 rings (SSSR count). The van der Waals surface area contributed by atoms with Crippen LogP contribution in [0.25, 0.3) is 0 Å². The number of piperidine rings is 1. The average Bonchev–Trinajstić information content (AvgIpc) is 2.50. The first-order valence-corrected chi connectivity index (χ1v) is 7.33. The molecule has 1 saturated heterocycles. The average molecular weight is 291 g/mol. The van der Waals surface area contributed by atoms with E-state index in [1.54, 1.807) is 0 Å². The second-order valence-corrected chi connectivity index (χ2v) is 5.84. The number of anilines is 2. The summed E-state index contributed by atoms with van der Waals surface area (Å²) in [6.07, 6.45) is 0.657. The zero-order chi connectivity index (χ0) is 14.9. The molecule has 0 aliphatic carbocycles. The van der Waals surface area contributed by atoms with Crippen LogP contribution in [0.3, 0.4) is 0 Å². The summed E-state index contributed by atoms with van der Waals surface area (Å²) < 4.78 is 0. The number of aliphatic hydroxyl groups is 2. The first kappa shape index (κ1) is 14.3. The minimum Gasteiger partial charge on any atom is -0.394 e. The van der Waals surface area contributed by atoms with Crippen molar-refractivity contribution in [3.63, 3.8) is 0 Å². The van der Waals surface area contributed by atoms with E-state index in [1.807, 2.05) is 24.3 Å². The van der Waals surface area contributed by atoms with Gasteiger partial charge in [-0.3, -0.25) is 4.79 Å². The highest BCUT2D eigenvalue weighted by molar-refractivity contribution is 6.06. The van der Waals surface area contributed by atoms with Gasteiger partial charge in [0.15, 0.2) is 0 Å². The Bertz CT molecular complexity index is 527. The van der Waals surface area contributed by atoms with Gasteiger partial charge in [0.1, 0.15) is 5.54 Å². The Labute approximate surface area is 123 Å². The molecule has 2 aliphatic heterocycles. The minimum atomic E-state index is -0.715. The molecule has 4 N–H and O–H groups in total. The van der Waals surface area contributed by atoms with Crippen molar-refractivity contribution in [2.24, 2.45) is 0 Å². The number of fused-ring (bicyclic) bond motifs is 1. The molecule has 1 aromatic rings. The van der Waals surface area contributed by atoms with E-state index >= 15 is 0 Å². The molecule has 2 heterocycles. The molecule has 0 bridgehead atoms. The third-order valence-electron chi connectivity index (χ3n) is 4.37. The Balaban J connectivity index is 1.69. The van der Waals surface area contributed by atoms with Gasteiger partial charge in [0.2, 0.25) is 5.91 Å². The number of hydrogen-bond acceptors (Lipinski definition) is 5. The van der Waals surface area contributed by atoms with Crippen molar-refractivity contribution in [1.82, 2.24) is 4.90 Å². The molecule has 6 nitrogen and oxygen atoms in total. The van der Waals surface area contributed by atoms with Crippen LogP contribution in [-0.2, 0) is 4.79 Å². The van der Waals surface area contributed by atoms with Crippen molar-refractivity contribution < 1.29 is 15.0 Å². The molecule has 1 amide bonds. The Morgan fingerprint density at radius 2 is 1.90 bits per heavy atom. The Morgan fingerprint density at radius 1 is 1.24 bits per heavy atom. The number of rotatable bonds is 3. The highest BCUT2D eigenvalue weighted by Crippen LogP contribution is 2.36. The summed E-state index contributed by atoms with van der Waals surface area (Å²) in [5, 5.41) is 24.8. The number of para-hydroxylation sites is 2. The summed E-state index contributed by atoms with van der Waals surface area (Å²) in [7, 11) is 0. The smallest absolute Gasteiger partial charge is 0.250 e. The van der Waals surface area contributed by atoms with Crippen molar-refractivity contribution in [3.05, 3.63) is 24.3 Å². The predicted molar refractivity (Wildman–Crippen MR) is 80.2 cm³/mol. The molecule has 114 valence electrons. The maximum atomic E-state index is 12.4. The van der Waals surface area contributed by atoms with E-state index < -0.39 is 11.6 Å². The van der Waals surface area contributed by atoms with Crippen LogP contribution in [0.15, 0.2) is 24.3 Å². The van der Waals surface area contributed by atoms with Crippen molar-refractivity contribution in [3.8, 4) is 0 Å². The maximum absolute atomic E-state index is 12.4. The second kappa shape index (κ2) is 5.63. The SMILES string of the molecule is O=C1Nc2ccccc2NC12CCN(CC(O)CO)CC2. The van der Waals surface area contributed by atoms with E-state index in [2.05, 4.69) is 15.5 Å². The van der Waals surface area contributed by atoms with Crippen molar-refractivity contribution in [2.75, 3.05) is 36.9 Å². The molecule has 1 unspecified atom stereocenters. The zero-order valence-electron chi connectivity index (χ0n) is 11.9. The second-order valence-electron chi connectivity index (χ2n) is 5.84.